The molecule has 0 unspecified atom stereocenters. The predicted molar refractivity (Wildman–Crippen MR) is 107 cm³/mol. The van der Waals surface area contributed by atoms with Crippen molar-refractivity contribution in [2.75, 3.05) is 0 Å². The minimum atomic E-state index is -4.80. The lowest BCUT2D eigenvalue weighted by Crippen LogP contribution is -2.33. The molecule has 0 bridgehead atoms. The van der Waals surface area contributed by atoms with E-state index in [1.807, 2.05) is 13.8 Å². The van der Waals surface area contributed by atoms with Crippen molar-refractivity contribution in [3.8, 4) is 5.75 Å². The SMILES string of the molecule is CC.CC(C)(C)[S@@](=O)N=C(c1cc(F)cc(OC(F)(F)C(F)F)c1)c1ccccn1. The molecular weight excluding hydrogens is 427 g/mol. The molecule has 0 amide bonds. The molecule has 1 atom stereocenters. The molecule has 10 heteroatoms. The van der Waals surface area contributed by atoms with E-state index in [1.54, 1.807) is 32.9 Å². The Bertz CT molecular complexity index is 885. The Hall–Kier alpha value is -2.36. The van der Waals surface area contributed by atoms with Gasteiger partial charge in [0, 0.05) is 17.8 Å². The zero-order chi connectivity index (χ0) is 23.1. The number of benzene rings is 1. The largest absolute Gasteiger partial charge is 0.461 e. The van der Waals surface area contributed by atoms with Gasteiger partial charge in [0.05, 0.1) is 10.4 Å². The van der Waals surface area contributed by atoms with Crippen molar-refractivity contribution in [1.82, 2.24) is 4.98 Å². The van der Waals surface area contributed by atoms with Gasteiger partial charge in [0.1, 0.15) is 28.3 Å². The van der Waals surface area contributed by atoms with Crippen molar-refractivity contribution in [1.29, 1.82) is 0 Å². The summed E-state index contributed by atoms with van der Waals surface area (Å²) < 4.78 is 84.9. The highest BCUT2D eigenvalue weighted by Gasteiger charge is 2.44. The van der Waals surface area contributed by atoms with E-state index in [9.17, 15) is 26.2 Å². The van der Waals surface area contributed by atoms with Crippen LogP contribution in [0, 0.1) is 5.82 Å². The summed E-state index contributed by atoms with van der Waals surface area (Å²) in [7, 11) is -1.79. The molecule has 0 aliphatic carbocycles. The Labute approximate surface area is 174 Å². The van der Waals surface area contributed by atoms with E-state index in [0.29, 0.717) is 6.07 Å². The van der Waals surface area contributed by atoms with Crippen LogP contribution in [0.25, 0.3) is 0 Å². The van der Waals surface area contributed by atoms with Crippen LogP contribution in [0.1, 0.15) is 45.9 Å². The van der Waals surface area contributed by atoms with E-state index in [2.05, 4.69) is 14.1 Å². The monoisotopic (exact) mass is 450 g/mol. The second-order valence-corrected chi connectivity index (χ2v) is 8.56. The zero-order valence-corrected chi connectivity index (χ0v) is 17.9. The van der Waals surface area contributed by atoms with Crippen LogP contribution >= 0.6 is 0 Å². The number of halogens is 5. The summed E-state index contributed by atoms with van der Waals surface area (Å²) in [5, 5.41) is 0. The third-order valence-corrected chi connectivity index (χ3v) is 4.65. The number of hydrogen-bond acceptors (Lipinski definition) is 3. The van der Waals surface area contributed by atoms with Crippen molar-refractivity contribution in [2.24, 2.45) is 4.40 Å². The topological polar surface area (TPSA) is 51.5 Å². The fourth-order valence-electron chi connectivity index (χ4n) is 1.93. The first-order chi connectivity index (χ1) is 13.9. The fraction of sp³-hybridized carbons (Fsp3) is 0.400. The number of hydrogen-bond donors (Lipinski definition) is 0. The molecule has 0 fully saturated rings. The van der Waals surface area contributed by atoms with E-state index in [4.69, 9.17) is 0 Å². The summed E-state index contributed by atoms with van der Waals surface area (Å²) in [4.78, 5) is 4.06. The smallest absolute Gasteiger partial charge is 0.428 e. The number of ether oxygens (including phenoxy) is 1. The average Bonchev–Trinajstić information content (AvgIpc) is 2.66. The van der Waals surface area contributed by atoms with Crippen molar-refractivity contribution in [3.63, 3.8) is 0 Å². The molecule has 166 valence electrons. The van der Waals surface area contributed by atoms with Crippen molar-refractivity contribution in [2.45, 2.75) is 51.9 Å². The molecule has 2 aromatic rings. The molecule has 1 heterocycles. The molecule has 0 aliphatic heterocycles. The zero-order valence-electron chi connectivity index (χ0n) is 17.1. The second-order valence-electron chi connectivity index (χ2n) is 6.66. The molecule has 0 saturated carbocycles. The molecule has 0 radical (unpaired) electrons. The third-order valence-electron chi connectivity index (χ3n) is 3.26. The van der Waals surface area contributed by atoms with Gasteiger partial charge in [-0.25, -0.2) is 8.60 Å². The number of nitrogens with zero attached hydrogens (tertiary/aromatic N) is 2. The van der Waals surface area contributed by atoms with Crippen LogP contribution < -0.4 is 4.74 Å². The number of rotatable bonds is 6. The molecule has 1 aromatic heterocycles. The standard InChI is InChI=1S/C18H17F5N2O2S.C2H6/c1-17(2,3)28(26)25-15(14-6-4-5-7-24-14)11-8-12(19)10-13(9-11)27-18(22,23)16(20)21;1-2/h4-10,16H,1-3H3;1-2H3/t28-;/m1./s1. The van der Waals surface area contributed by atoms with Gasteiger partial charge in [-0.1, -0.05) is 19.9 Å². The Morgan fingerprint density at radius 2 is 1.77 bits per heavy atom. The fourth-order valence-corrected chi connectivity index (χ4v) is 2.57. The Morgan fingerprint density at radius 1 is 1.13 bits per heavy atom. The van der Waals surface area contributed by atoms with Crippen LogP contribution in [0.5, 0.6) is 5.75 Å². The van der Waals surface area contributed by atoms with Gasteiger partial charge in [-0.3, -0.25) is 4.98 Å². The average molecular weight is 450 g/mol. The number of pyridine rings is 1. The molecule has 0 saturated heterocycles. The van der Waals surface area contributed by atoms with Gasteiger partial charge < -0.3 is 4.74 Å². The second kappa shape index (κ2) is 10.6. The quantitative estimate of drug-likeness (QED) is 0.414. The molecule has 0 aliphatic rings. The van der Waals surface area contributed by atoms with Gasteiger partial charge in [0.15, 0.2) is 0 Å². The highest BCUT2D eigenvalue weighted by atomic mass is 32.2. The molecule has 0 spiro atoms. The third kappa shape index (κ3) is 7.16. The van der Waals surface area contributed by atoms with E-state index in [0.717, 1.165) is 12.1 Å². The van der Waals surface area contributed by atoms with Crippen LogP contribution in [0.3, 0.4) is 0 Å². The van der Waals surface area contributed by atoms with Crippen LogP contribution in [0.4, 0.5) is 22.0 Å². The predicted octanol–water partition coefficient (Wildman–Crippen LogP) is 5.78. The maximum atomic E-state index is 14.0. The Balaban J connectivity index is 0.00000218. The van der Waals surface area contributed by atoms with E-state index < -0.39 is 39.8 Å². The lowest BCUT2D eigenvalue weighted by Gasteiger charge is -2.18. The van der Waals surface area contributed by atoms with Crippen LogP contribution in [-0.2, 0) is 11.0 Å². The number of aromatic nitrogens is 1. The minimum Gasteiger partial charge on any atom is -0.428 e. The van der Waals surface area contributed by atoms with Crippen LogP contribution in [-0.4, -0.2) is 32.2 Å². The maximum Gasteiger partial charge on any atom is 0.461 e. The molecule has 0 N–H and O–H groups in total. The van der Waals surface area contributed by atoms with Gasteiger partial charge in [0.25, 0.3) is 0 Å². The van der Waals surface area contributed by atoms with E-state index in [1.165, 1.54) is 12.3 Å². The summed E-state index contributed by atoms with van der Waals surface area (Å²) in [6.07, 6.45) is -7.50. The molecule has 30 heavy (non-hydrogen) atoms. The van der Waals surface area contributed by atoms with E-state index in [-0.39, 0.29) is 17.0 Å². The van der Waals surface area contributed by atoms with Gasteiger partial charge in [0.2, 0.25) is 0 Å². The highest BCUT2D eigenvalue weighted by Crippen LogP contribution is 2.29. The first kappa shape index (κ1) is 25.7. The molecular formula is C20H23F5N2O2S. The maximum absolute atomic E-state index is 14.0. The van der Waals surface area contributed by atoms with Crippen molar-refractivity contribution < 1.29 is 30.9 Å². The first-order valence-corrected chi connectivity index (χ1v) is 10.1. The van der Waals surface area contributed by atoms with Gasteiger partial charge in [-0.05, 0) is 45.0 Å². The Morgan fingerprint density at radius 3 is 2.27 bits per heavy atom. The van der Waals surface area contributed by atoms with Crippen molar-refractivity contribution in [3.05, 3.63) is 59.7 Å². The number of alkyl halides is 4. The lowest BCUT2D eigenvalue weighted by atomic mass is 10.1. The van der Waals surface area contributed by atoms with Gasteiger partial charge in [-0.2, -0.15) is 22.0 Å². The van der Waals surface area contributed by atoms with Gasteiger partial charge >= 0.3 is 12.5 Å². The van der Waals surface area contributed by atoms with E-state index >= 15 is 0 Å². The van der Waals surface area contributed by atoms with Gasteiger partial charge in [-0.15, -0.1) is 0 Å². The Kier molecular flexibility index (Phi) is 9.08. The molecule has 4 nitrogen and oxygen atoms in total. The summed E-state index contributed by atoms with van der Waals surface area (Å²) in [6.45, 7) is 8.98. The van der Waals surface area contributed by atoms with Crippen LogP contribution in [0.2, 0.25) is 0 Å². The normalized spacial score (nSPS) is 13.5. The lowest BCUT2D eigenvalue weighted by molar-refractivity contribution is -0.253. The summed E-state index contributed by atoms with van der Waals surface area (Å²) in [5.74, 6) is -1.85. The van der Waals surface area contributed by atoms with Crippen LogP contribution in [0.15, 0.2) is 47.0 Å². The minimum absolute atomic E-state index is 0.0569. The first-order valence-electron chi connectivity index (χ1n) is 8.98. The summed E-state index contributed by atoms with van der Waals surface area (Å²) in [5.41, 5.74) is 0.0345. The van der Waals surface area contributed by atoms with Crippen molar-refractivity contribution >= 4 is 16.7 Å². The highest BCUT2D eigenvalue weighted by molar-refractivity contribution is 7.85. The molecule has 1 aromatic carbocycles. The summed E-state index contributed by atoms with van der Waals surface area (Å²) in [6, 6.07) is 7.08. The molecule has 2 rings (SSSR count). The summed E-state index contributed by atoms with van der Waals surface area (Å²) >= 11 is 0.